The minimum absolute atomic E-state index is 0.0265. The molecule has 1 aromatic carbocycles. The van der Waals surface area contributed by atoms with Crippen molar-refractivity contribution in [2.24, 2.45) is 0 Å². The second-order valence-corrected chi connectivity index (χ2v) is 9.78. The lowest BCUT2D eigenvalue weighted by Gasteiger charge is -2.16. The van der Waals surface area contributed by atoms with Gasteiger partial charge in [0.2, 0.25) is 5.82 Å². The Labute approximate surface area is 235 Å². The molecule has 2 amide bonds. The van der Waals surface area contributed by atoms with Crippen molar-refractivity contribution in [1.82, 2.24) is 29.7 Å². The fourth-order valence-corrected chi connectivity index (χ4v) is 4.16. The molecule has 0 radical (unpaired) electrons. The molecule has 14 heteroatoms. The predicted octanol–water partition coefficient (Wildman–Crippen LogP) is -0.0570. The Hall–Kier alpha value is -4.29. The third kappa shape index (κ3) is 6.72. The van der Waals surface area contributed by atoms with E-state index in [1.165, 1.54) is 22.8 Å². The summed E-state index contributed by atoms with van der Waals surface area (Å²) in [6.45, 7) is 0.799. The van der Waals surface area contributed by atoms with E-state index in [9.17, 15) is 19.8 Å². The van der Waals surface area contributed by atoms with Gasteiger partial charge in [0.05, 0.1) is 26.1 Å². The number of aromatic nitrogens is 4. The molecule has 5 rings (SSSR count). The molecule has 1 saturated heterocycles. The van der Waals surface area contributed by atoms with Gasteiger partial charge >= 0.3 is 6.09 Å². The molecule has 4 atom stereocenters. The molecule has 1 unspecified atom stereocenters. The Morgan fingerprint density at radius 1 is 1.20 bits per heavy atom. The summed E-state index contributed by atoms with van der Waals surface area (Å²) >= 11 is 0. The molecule has 0 spiro atoms. The second kappa shape index (κ2) is 12.5. The number of carbonyl (C=O) groups is 2. The first kappa shape index (κ1) is 28.2. The number of carbonyl (C=O) groups excluding carboxylic acids is 2. The third-order valence-corrected chi connectivity index (χ3v) is 6.54. The molecule has 1 aliphatic heterocycles. The number of aliphatic hydroxyl groups excluding tert-OH is 2. The van der Waals surface area contributed by atoms with Crippen molar-refractivity contribution in [3.05, 3.63) is 48.0 Å². The summed E-state index contributed by atoms with van der Waals surface area (Å²) in [5, 5.41) is 23.8. The van der Waals surface area contributed by atoms with E-state index < -0.39 is 36.5 Å². The van der Waals surface area contributed by atoms with Gasteiger partial charge in [0.25, 0.3) is 5.91 Å². The second-order valence-electron chi connectivity index (χ2n) is 9.78. The first-order chi connectivity index (χ1) is 19.8. The van der Waals surface area contributed by atoms with Crippen molar-refractivity contribution in [1.29, 1.82) is 0 Å². The van der Waals surface area contributed by atoms with Crippen LogP contribution in [0.2, 0.25) is 0 Å². The van der Waals surface area contributed by atoms with E-state index in [0.29, 0.717) is 6.61 Å². The Morgan fingerprint density at radius 3 is 2.73 bits per heavy atom. The Kier molecular flexibility index (Phi) is 8.60. The number of amides is 2. The number of rotatable bonds is 9. The van der Waals surface area contributed by atoms with Crippen LogP contribution in [0, 0.1) is 11.8 Å². The zero-order valence-corrected chi connectivity index (χ0v) is 22.3. The number of benzene rings is 1. The average molecular weight is 566 g/mol. The first-order valence-electron chi connectivity index (χ1n) is 13.1. The van der Waals surface area contributed by atoms with E-state index in [1.54, 1.807) is 0 Å². The van der Waals surface area contributed by atoms with Gasteiger partial charge in [-0.25, -0.2) is 19.7 Å². The van der Waals surface area contributed by atoms with Crippen LogP contribution in [0.3, 0.4) is 0 Å². The number of anilines is 1. The lowest BCUT2D eigenvalue weighted by Crippen LogP contribution is -2.43. The van der Waals surface area contributed by atoms with Gasteiger partial charge in [-0.3, -0.25) is 9.36 Å². The van der Waals surface area contributed by atoms with Gasteiger partial charge in [-0.05, 0) is 24.3 Å². The van der Waals surface area contributed by atoms with Crippen molar-refractivity contribution in [3.63, 3.8) is 0 Å². The number of ether oxygens (including phenoxy) is 3. The van der Waals surface area contributed by atoms with Crippen LogP contribution in [0.1, 0.15) is 30.5 Å². The van der Waals surface area contributed by atoms with Crippen LogP contribution < -0.4 is 11.1 Å². The van der Waals surface area contributed by atoms with Crippen molar-refractivity contribution >= 4 is 29.0 Å². The van der Waals surface area contributed by atoms with Crippen molar-refractivity contribution in [2.75, 3.05) is 32.5 Å². The minimum atomic E-state index is -1.44. The fraction of sp³-hybridized carbons (Fsp3) is 0.444. The molecule has 5 N–H and O–H groups in total. The number of nitrogens with one attached hydrogen (secondary N) is 1. The van der Waals surface area contributed by atoms with Crippen LogP contribution in [0.5, 0.6) is 0 Å². The molecule has 3 aromatic rings. The summed E-state index contributed by atoms with van der Waals surface area (Å²) in [4.78, 5) is 38.7. The molecule has 3 heterocycles. The molecule has 1 aliphatic carbocycles. The lowest BCUT2D eigenvalue weighted by atomic mass is 10.1. The van der Waals surface area contributed by atoms with Gasteiger partial charge < -0.3 is 40.4 Å². The van der Waals surface area contributed by atoms with E-state index in [0.717, 1.165) is 18.4 Å². The average Bonchev–Trinajstić information content (AvgIpc) is 3.60. The van der Waals surface area contributed by atoms with Gasteiger partial charge in [0, 0.05) is 13.1 Å². The molecule has 216 valence electrons. The number of fused-ring (bicyclic) bond motifs is 1. The largest absolute Gasteiger partial charge is 0.447 e. The van der Waals surface area contributed by atoms with E-state index >= 15 is 0 Å². The number of imidazole rings is 1. The lowest BCUT2D eigenvalue weighted by molar-refractivity contribution is -0.137. The van der Waals surface area contributed by atoms with Gasteiger partial charge in [0.15, 0.2) is 23.8 Å². The summed E-state index contributed by atoms with van der Waals surface area (Å²) < 4.78 is 17.8. The molecule has 41 heavy (non-hydrogen) atoms. The number of aliphatic hydroxyl groups is 2. The van der Waals surface area contributed by atoms with E-state index in [-0.39, 0.29) is 48.6 Å². The number of nitrogen functional groups attached to an aromatic ring is 1. The summed E-state index contributed by atoms with van der Waals surface area (Å²) in [7, 11) is 1.54. The molecule has 1 saturated carbocycles. The molecule has 2 fully saturated rings. The number of hydrogen-bond donors (Lipinski definition) is 4. The quantitative estimate of drug-likeness (QED) is 0.201. The molecular weight excluding hydrogens is 534 g/mol. The van der Waals surface area contributed by atoms with E-state index in [2.05, 4.69) is 32.1 Å². The van der Waals surface area contributed by atoms with Crippen LogP contribution in [0.15, 0.2) is 36.7 Å². The predicted molar refractivity (Wildman–Crippen MR) is 144 cm³/mol. The van der Waals surface area contributed by atoms with Crippen LogP contribution in [-0.2, 0) is 25.6 Å². The Morgan fingerprint density at radius 2 is 1.98 bits per heavy atom. The van der Waals surface area contributed by atoms with Crippen LogP contribution in [0.4, 0.5) is 10.6 Å². The molecular formula is C27H31N7O7. The van der Waals surface area contributed by atoms with Crippen molar-refractivity contribution in [2.45, 2.75) is 50.0 Å². The summed E-state index contributed by atoms with van der Waals surface area (Å²) in [6, 6.07) is 9.74. The normalized spacial score (nSPS) is 21.7. The maximum absolute atomic E-state index is 12.5. The van der Waals surface area contributed by atoms with Crippen LogP contribution in [0.25, 0.3) is 11.2 Å². The highest BCUT2D eigenvalue weighted by Gasteiger charge is 2.48. The van der Waals surface area contributed by atoms with Crippen molar-refractivity contribution < 1.29 is 34.0 Å². The first-order valence-corrected chi connectivity index (χ1v) is 13.1. The highest BCUT2D eigenvalue weighted by molar-refractivity contribution is 5.83. The van der Waals surface area contributed by atoms with Gasteiger partial charge in [-0.1, -0.05) is 36.3 Å². The highest BCUT2D eigenvalue weighted by Crippen LogP contribution is 2.33. The third-order valence-electron chi connectivity index (χ3n) is 6.54. The highest BCUT2D eigenvalue weighted by atomic mass is 16.6. The maximum atomic E-state index is 12.5. The minimum Gasteiger partial charge on any atom is -0.447 e. The Balaban J connectivity index is 1.17. The molecule has 0 bridgehead atoms. The zero-order chi connectivity index (χ0) is 28.9. The topological polar surface area (TPSA) is 187 Å². The number of hydrogen-bond acceptors (Lipinski definition) is 11. The molecule has 2 aromatic heterocycles. The summed E-state index contributed by atoms with van der Waals surface area (Å²) in [5.74, 6) is 5.15. The summed E-state index contributed by atoms with van der Waals surface area (Å²) in [5.41, 5.74) is 7.52. The standard InChI is InChI=1S/C27H31N7O7/c1-33(27(38)40-13-12-39-14-16-6-3-2-4-7-16)11-5-8-18-31-23(28)19-24(32-18)34(15-29-19)26-21(36)20(35)22(41-26)25(37)30-17-9-10-17/h2-4,6-7,15,17,20-22,26,35-36H,9-14H2,1H3,(H,30,37)(H2,28,31,32)/t20?,21-,22-,26+/m0/s1. The monoisotopic (exact) mass is 565 g/mol. The van der Waals surface area contributed by atoms with Crippen LogP contribution >= 0.6 is 0 Å². The van der Waals surface area contributed by atoms with Gasteiger partial charge in [-0.2, -0.15) is 0 Å². The van der Waals surface area contributed by atoms with Gasteiger partial charge in [-0.15, -0.1) is 0 Å². The molecule has 2 aliphatic rings. The van der Waals surface area contributed by atoms with Gasteiger partial charge in [0.1, 0.15) is 24.3 Å². The van der Waals surface area contributed by atoms with Crippen LogP contribution in [-0.4, -0.2) is 97.8 Å². The number of nitrogens with two attached hydrogens (primary N) is 1. The van der Waals surface area contributed by atoms with E-state index in [4.69, 9.17) is 19.9 Å². The SMILES string of the molecule is CN(CC#Cc1nc(N)c2ncn([C@@H]3O[C@H](C(=O)NC4CC4)C(O)[C@@H]3O)c2n1)C(=O)OCCOCc1ccccc1. The molecule has 14 nitrogen and oxygen atoms in total. The van der Waals surface area contributed by atoms with E-state index in [1.807, 2.05) is 30.3 Å². The van der Waals surface area contributed by atoms with Crippen molar-refractivity contribution in [3.8, 4) is 11.8 Å². The fourth-order valence-electron chi connectivity index (χ4n) is 4.16. The zero-order valence-electron chi connectivity index (χ0n) is 22.3. The maximum Gasteiger partial charge on any atom is 0.410 e. The summed E-state index contributed by atoms with van der Waals surface area (Å²) in [6.07, 6.45) is -2.75. The Bertz CT molecular complexity index is 1450. The smallest absolute Gasteiger partial charge is 0.410 e. The number of nitrogens with zero attached hydrogens (tertiary/aromatic N) is 5.